The molecular formula is C29H39N7O3. The van der Waals surface area contributed by atoms with Gasteiger partial charge >= 0.3 is 0 Å². The monoisotopic (exact) mass is 533 g/mol. The van der Waals surface area contributed by atoms with E-state index in [2.05, 4.69) is 65.8 Å². The van der Waals surface area contributed by atoms with Gasteiger partial charge in [-0.25, -0.2) is 19.9 Å². The Morgan fingerprint density at radius 1 is 1.15 bits per heavy atom. The molecule has 1 saturated carbocycles. The fraction of sp³-hybridized carbons (Fsp3) is 0.586. The van der Waals surface area contributed by atoms with Gasteiger partial charge in [-0.05, 0) is 66.5 Å². The third kappa shape index (κ3) is 4.90. The van der Waals surface area contributed by atoms with Crippen LogP contribution in [0.3, 0.4) is 0 Å². The summed E-state index contributed by atoms with van der Waals surface area (Å²) in [7, 11) is 0. The molecule has 0 amide bonds. The first-order valence-corrected chi connectivity index (χ1v) is 14.0. The van der Waals surface area contributed by atoms with E-state index in [-0.39, 0.29) is 11.2 Å². The molecule has 5 N–H and O–H groups in total. The zero-order valence-corrected chi connectivity index (χ0v) is 23.1. The Bertz CT molecular complexity index is 1470. The molecule has 6 rings (SSSR count). The standard InChI is InChI=1S/C29H39N7O3/c1-15(9-21-24(37)25(38)28(39-21)36-14-33-23-26(30)31-13-32-27(23)36)17-10-16(11-17)5-8-22-34-19-7-6-18(29(2,3)4)12-20(19)35-22/h6-7,12-17,21,24-25,28,37-38H,5,8-11H2,1-4H3,(H,34,35)(H2,30,31,32). The average Bonchev–Trinajstić information content (AvgIpc) is 3.54. The van der Waals surface area contributed by atoms with Crippen LogP contribution in [-0.2, 0) is 16.6 Å². The second kappa shape index (κ2) is 9.83. The highest BCUT2D eigenvalue weighted by Crippen LogP contribution is 2.44. The van der Waals surface area contributed by atoms with Crippen LogP contribution in [0, 0.1) is 17.8 Å². The molecule has 2 fully saturated rings. The Kier molecular flexibility index (Phi) is 6.60. The largest absolute Gasteiger partial charge is 0.388 e. The molecule has 1 aliphatic carbocycles. The molecular weight excluding hydrogens is 494 g/mol. The minimum Gasteiger partial charge on any atom is -0.388 e. The molecule has 4 aromatic rings. The fourth-order valence-corrected chi connectivity index (χ4v) is 6.24. The number of aromatic nitrogens is 6. The smallest absolute Gasteiger partial charge is 0.167 e. The van der Waals surface area contributed by atoms with Gasteiger partial charge in [0.15, 0.2) is 17.7 Å². The van der Waals surface area contributed by atoms with Crippen LogP contribution in [0.4, 0.5) is 5.82 Å². The molecule has 0 bridgehead atoms. The average molecular weight is 534 g/mol. The van der Waals surface area contributed by atoms with Gasteiger partial charge < -0.3 is 25.7 Å². The van der Waals surface area contributed by atoms with Crippen LogP contribution >= 0.6 is 0 Å². The lowest BCUT2D eigenvalue weighted by atomic mass is 9.66. The van der Waals surface area contributed by atoms with Crippen molar-refractivity contribution in [1.82, 2.24) is 29.5 Å². The maximum atomic E-state index is 10.8. The van der Waals surface area contributed by atoms with Crippen molar-refractivity contribution < 1.29 is 14.9 Å². The summed E-state index contributed by atoms with van der Waals surface area (Å²) in [5, 5.41) is 21.6. The maximum absolute atomic E-state index is 10.8. The van der Waals surface area contributed by atoms with Crippen LogP contribution in [-0.4, -0.2) is 58.0 Å². The first-order valence-electron chi connectivity index (χ1n) is 14.0. The van der Waals surface area contributed by atoms with Crippen molar-refractivity contribution >= 4 is 28.0 Å². The maximum Gasteiger partial charge on any atom is 0.167 e. The highest BCUT2D eigenvalue weighted by molar-refractivity contribution is 5.81. The van der Waals surface area contributed by atoms with Gasteiger partial charge in [-0.15, -0.1) is 0 Å². The number of aliphatic hydroxyl groups excluding tert-OH is 2. The predicted molar refractivity (Wildman–Crippen MR) is 149 cm³/mol. The minimum atomic E-state index is -1.08. The number of aryl methyl sites for hydroxylation is 1. The van der Waals surface area contributed by atoms with Gasteiger partial charge in [-0.2, -0.15) is 0 Å². The number of nitrogens with two attached hydrogens (primary N) is 1. The number of rotatable bonds is 7. The molecule has 10 nitrogen and oxygen atoms in total. The molecule has 208 valence electrons. The number of aromatic amines is 1. The molecule has 39 heavy (non-hydrogen) atoms. The van der Waals surface area contributed by atoms with Crippen molar-refractivity contribution in [2.45, 2.75) is 89.8 Å². The van der Waals surface area contributed by atoms with E-state index in [4.69, 9.17) is 15.5 Å². The van der Waals surface area contributed by atoms with E-state index in [1.807, 2.05) is 0 Å². The number of hydrogen-bond acceptors (Lipinski definition) is 8. The molecule has 0 spiro atoms. The third-order valence-electron chi connectivity index (χ3n) is 8.87. The molecule has 10 heteroatoms. The summed E-state index contributed by atoms with van der Waals surface area (Å²) >= 11 is 0. The van der Waals surface area contributed by atoms with E-state index in [9.17, 15) is 10.2 Å². The van der Waals surface area contributed by atoms with Crippen LogP contribution in [0.15, 0.2) is 30.9 Å². The summed E-state index contributed by atoms with van der Waals surface area (Å²) in [4.78, 5) is 20.8. The molecule has 0 radical (unpaired) electrons. The van der Waals surface area contributed by atoms with Crippen LogP contribution in [0.5, 0.6) is 0 Å². The first-order chi connectivity index (χ1) is 18.6. The number of H-pyrrole nitrogens is 1. The topological polar surface area (TPSA) is 148 Å². The van der Waals surface area contributed by atoms with Gasteiger partial charge in [-0.3, -0.25) is 4.57 Å². The molecule has 5 atom stereocenters. The Morgan fingerprint density at radius 2 is 1.95 bits per heavy atom. The quantitative estimate of drug-likeness (QED) is 0.280. The molecule has 5 unspecified atom stereocenters. The van der Waals surface area contributed by atoms with Crippen LogP contribution in [0.1, 0.15) is 71.0 Å². The molecule has 1 aliphatic heterocycles. The number of imidazole rings is 2. The summed E-state index contributed by atoms with van der Waals surface area (Å²) in [5.41, 5.74) is 10.4. The van der Waals surface area contributed by atoms with E-state index in [0.717, 1.165) is 29.7 Å². The van der Waals surface area contributed by atoms with Crippen LogP contribution in [0.25, 0.3) is 22.2 Å². The number of aliphatic hydroxyl groups is 2. The van der Waals surface area contributed by atoms with Gasteiger partial charge in [0.2, 0.25) is 0 Å². The highest BCUT2D eigenvalue weighted by atomic mass is 16.6. The van der Waals surface area contributed by atoms with Gasteiger partial charge in [-0.1, -0.05) is 33.8 Å². The van der Waals surface area contributed by atoms with Crippen LogP contribution < -0.4 is 5.73 Å². The van der Waals surface area contributed by atoms with Gasteiger partial charge in [0, 0.05) is 6.42 Å². The lowest BCUT2D eigenvalue weighted by Crippen LogP contribution is -2.35. The SMILES string of the molecule is CC(CC1OC(n2cnc3c(N)ncnc32)C(O)C1O)C1CC(CCc2nc3ccc(C(C)(C)C)cc3[nH]2)C1. The fourth-order valence-electron chi connectivity index (χ4n) is 6.24. The normalized spacial score (nSPS) is 28.3. The van der Waals surface area contributed by atoms with Gasteiger partial charge in [0.1, 0.15) is 29.9 Å². The lowest BCUT2D eigenvalue weighted by molar-refractivity contribution is -0.0469. The number of nitrogens with one attached hydrogen (secondary N) is 1. The zero-order chi connectivity index (χ0) is 27.5. The van der Waals surface area contributed by atoms with E-state index in [0.29, 0.717) is 35.3 Å². The second-order valence-electron chi connectivity index (χ2n) is 12.6. The summed E-state index contributed by atoms with van der Waals surface area (Å²) in [6, 6.07) is 6.53. The number of anilines is 1. The van der Waals surface area contributed by atoms with E-state index in [1.54, 1.807) is 4.57 Å². The van der Waals surface area contributed by atoms with Crippen molar-refractivity contribution in [2.75, 3.05) is 5.73 Å². The minimum absolute atomic E-state index is 0.118. The third-order valence-corrected chi connectivity index (χ3v) is 8.87. The number of ether oxygens (including phenoxy) is 1. The number of hydrogen-bond donors (Lipinski definition) is 4. The summed E-state index contributed by atoms with van der Waals surface area (Å²) in [6.07, 6.45) is 4.73. The molecule has 1 saturated heterocycles. The summed E-state index contributed by atoms with van der Waals surface area (Å²) < 4.78 is 7.80. The lowest BCUT2D eigenvalue weighted by Gasteiger charge is -2.40. The number of nitrogen functional groups attached to an aromatic ring is 1. The van der Waals surface area contributed by atoms with Crippen molar-refractivity contribution in [3.63, 3.8) is 0 Å². The second-order valence-corrected chi connectivity index (χ2v) is 12.6. The molecule has 1 aromatic carbocycles. The van der Waals surface area contributed by atoms with Crippen molar-refractivity contribution in [1.29, 1.82) is 0 Å². The Morgan fingerprint density at radius 3 is 2.72 bits per heavy atom. The van der Waals surface area contributed by atoms with Crippen molar-refractivity contribution in [3.8, 4) is 0 Å². The highest BCUT2D eigenvalue weighted by Gasteiger charge is 2.46. The molecule has 4 heterocycles. The van der Waals surface area contributed by atoms with Crippen molar-refractivity contribution in [2.24, 2.45) is 17.8 Å². The number of benzene rings is 1. The number of fused-ring (bicyclic) bond motifs is 2. The summed E-state index contributed by atoms with van der Waals surface area (Å²) in [5.74, 6) is 2.99. The van der Waals surface area contributed by atoms with Gasteiger partial charge in [0.25, 0.3) is 0 Å². The molecule has 2 aliphatic rings. The Labute approximate surface area is 228 Å². The zero-order valence-electron chi connectivity index (χ0n) is 23.1. The Hall–Kier alpha value is -3.08. The Balaban J connectivity index is 1.01. The van der Waals surface area contributed by atoms with Crippen LogP contribution in [0.2, 0.25) is 0 Å². The van der Waals surface area contributed by atoms with E-state index < -0.39 is 24.5 Å². The van der Waals surface area contributed by atoms with Crippen molar-refractivity contribution in [3.05, 3.63) is 42.2 Å². The van der Waals surface area contributed by atoms with E-state index >= 15 is 0 Å². The van der Waals surface area contributed by atoms with Gasteiger partial charge in [0.05, 0.1) is 23.5 Å². The van der Waals surface area contributed by atoms with E-state index in [1.165, 1.54) is 31.1 Å². The number of nitrogens with zero attached hydrogens (tertiary/aromatic N) is 5. The summed E-state index contributed by atoms with van der Waals surface area (Å²) in [6.45, 7) is 8.91. The predicted octanol–water partition coefficient (Wildman–Crippen LogP) is 3.89. The first kappa shape index (κ1) is 26.2. The molecule has 3 aromatic heterocycles.